The summed E-state index contributed by atoms with van der Waals surface area (Å²) in [5.74, 6) is 0.301. The Kier molecular flexibility index (Phi) is 2.12. The van der Waals surface area contributed by atoms with E-state index in [-0.39, 0.29) is 0 Å². The average Bonchev–Trinajstić information content (AvgIpc) is 2.90. The molecule has 0 aliphatic rings. The van der Waals surface area contributed by atoms with E-state index in [1.165, 1.54) is 10.4 Å². The van der Waals surface area contributed by atoms with Crippen molar-refractivity contribution in [1.29, 1.82) is 0 Å². The number of rotatable bonds is 1. The Bertz CT molecular complexity index is 684. The summed E-state index contributed by atoms with van der Waals surface area (Å²) < 4.78 is 1.07. The van der Waals surface area contributed by atoms with Crippen molar-refractivity contribution in [2.75, 3.05) is 5.73 Å². The number of thiophene rings is 1. The van der Waals surface area contributed by atoms with Gasteiger partial charge >= 0.3 is 0 Å². The molecule has 86 valence electrons. The second kappa shape index (κ2) is 3.53. The van der Waals surface area contributed by atoms with Crippen LogP contribution in [0.25, 0.3) is 21.5 Å². The van der Waals surface area contributed by atoms with Gasteiger partial charge in [-0.2, -0.15) is 5.10 Å². The van der Waals surface area contributed by atoms with E-state index in [1.807, 2.05) is 6.20 Å². The summed E-state index contributed by atoms with van der Waals surface area (Å²) in [5.41, 5.74) is 9.66. The van der Waals surface area contributed by atoms with Gasteiger partial charge in [0.1, 0.15) is 0 Å². The SMILES string of the molecule is Cc1sc2c(-c3cn[nH]c3)nc(N)nc2c1C. The number of aromatic amines is 1. The number of nitrogen functional groups attached to an aromatic ring is 1. The molecule has 0 aliphatic carbocycles. The van der Waals surface area contributed by atoms with Crippen LogP contribution in [0.1, 0.15) is 10.4 Å². The standard InChI is InChI=1S/C11H11N5S/c1-5-6(2)17-10-8(5)15-11(12)16-9(10)7-3-13-14-4-7/h3-4H,1-2H3,(H,13,14)(H2,12,15,16). The van der Waals surface area contributed by atoms with Crippen molar-refractivity contribution in [2.45, 2.75) is 13.8 Å². The zero-order chi connectivity index (χ0) is 12.0. The maximum absolute atomic E-state index is 5.76. The topological polar surface area (TPSA) is 80.5 Å². The number of anilines is 1. The quantitative estimate of drug-likeness (QED) is 0.689. The summed E-state index contributed by atoms with van der Waals surface area (Å²) in [6.45, 7) is 4.14. The summed E-state index contributed by atoms with van der Waals surface area (Å²) in [6, 6.07) is 0. The molecule has 3 aromatic heterocycles. The maximum Gasteiger partial charge on any atom is 0.221 e. The second-order valence-electron chi connectivity index (χ2n) is 3.88. The Morgan fingerprint density at radius 2 is 2.12 bits per heavy atom. The van der Waals surface area contributed by atoms with Crippen molar-refractivity contribution in [3.8, 4) is 11.3 Å². The zero-order valence-electron chi connectivity index (χ0n) is 9.48. The molecule has 0 saturated heterocycles. The van der Waals surface area contributed by atoms with Gasteiger partial charge in [0.2, 0.25) is 5.95 Å². The Morgan fingerprint density at radius 3 is 2.82 bits per heavy atom. The summed E-state index contributed by atoms with van der Waals surface area (Å²) >= 11 is 1.69. The lowest BCUT2D eigenvalue weighted by molar-refractivity contribution is 1.09. The molecule has 0 bridgehead atoms. The van der Waals surface area contributed by atoms with E-state index in [1.54, 1.807) is 17.5 Å². The smallest absolute Gasteiger partial charge is 0.221 e. The molecule has 0 amide bonds. The third-order valence-corrected chi connectivity index (χ3v) is 4.00. The molecule has 0 fully saturated rings. The Balaban J connectivity index is 2.42. The molecule has 17 heavy (non-hydrogen) atoms. The third kappa shape index (κ3) is 1.49. The lowest BCUT2D eigenvalue weighted by Crippen LogP contribution is -1.96. The van der Waals surface area contributed by atoms with Crippen molar-refractivity contribution in [1.82, 2.24) is 20.2 Å². The van der Waals surface area contributed by atoms with Gasteiger partial charge in [0.15, 0.2) is 0 Å². The van der Waals surface area contributed by atoms with Crippen molar-refractivity contribution >= 4 is 27.5 Å². The number of nitrogens with zero attached hydrogens (tertiary/aromatic N) is 3. The number of aromatic nitrogens is 4. The average molecular weight is 245 g/mol. The molecule has 3 N–H and O–H groups in total. The Labute approximate surface area is 102 Å². The van der Waals surface area contributed by atoms with Crippen LogP contribution in [0.2, 0.25) is 0 Å². The molecule has 0 atom stereocenters. The van der Waals surface area contributed by atoms with E-state index in [4.69, 9.17) is 5.73 Å². The van der Waals surface area contributed by atoms with E-state index in [0.29, 0.717) is 5.95 Å². The first-order valence-electron chi connectivity index (χ1n) is 5.19. The highest BCUT2D eigenvalue weighted by Crippen LogP contribution is 2.35. The van der Waals surface area contributed by atoms with E-state index >= 15 is 0 Å². The highest BCUT2D eigenvalue weighted by Gasteiger charge is 2.14. The lowest BCUT2D eigenvalue weighted by atomic mass is 10.2. The first-order valence-corrected chi connectivity index (χ1v) is 6.01. The molecule has 0 aromatic carbocycles. The fraction of sp³-hybridized carbons (Fsp3) is 0.182. The van der Waals surface area contributed by atoms with Gasteiger partial charge in [0, 0.05) is 16.6 Å². The second-order valence-corrected chi connectivity index (χ2v) is 5.10. The van der Waals surface area contributed by atoms with Crippen LogP contribution in [0, 0.1) is 13.8 Å². The van der Waals surface area contributed by atoms with Gasteiger partial charge in [-0.3, -0.25) is 5.10 Å². The van der Waals surface area contributed by atoms with Crippen LogP contribution in [0.15, 0.2) is 12.4 Å². The first-order chi connectivity index (χ1) is 8.16. The fourth-order valence-corrected chi connectivity index (χ4v) is 2.90. The molecule has 0 radical (unpaired) electrons. The van der Waals surface area contributed by atoms with E-state index < -0.39 is 0 Å². The van der Waals surface area contributed by atoms with Gasteiger partial charge in [-0.25, -0.2) is 9.97 Å². The molecule has 0 spiro atoms. The van der Waals surface area contributed by atoms with Crippen LogP contribution in [-0.2, 0) is 0 Å². The minimum absolute atomic E-state index is 0.301. The minimum atomic E-state index is 0.301. The molecular formula is C11H11N5S. The summed E-state index contributed by atoms with van der Waals surface area (Å²) in [4.78, 5) is 9.87. The number of H-pyrrole nitrogens is 1. The van der Waals surface area contributed by atoms with E-state index in [0.717, 1.165) is 21.5 Å². The van der Waals surface area contributed by atoms with E-state index in [2.05, 4.69) is 34.0 Å². The number of fused-ring (bicyclic) bond motifs is 1. The molecule has 0 aliphatic heterocycles. The lowest BCUT2D eigenvalue weighted by Gasteiger charge is -2.00. The third-order valence-electron chi connectivity index (χ3n) is 2.79. The summed E-state index contributed by atoms with van der Waals surface area (Å²) in [5, 5.41) is 6.73. The summed E-state index contributed by atoms with van der Waals surface area (Å²) in [6.07, 6.45) is 3.55. The number of nitrogens with one attached hydrogen (secondary N) is 1. The molecule has 0 unspecified atom stereocenters. The van der Waals surface area contributed by atoms with Crippen LogP contribution in [0.5, 0.6) is 0 Å². The van der Waals surface area contributed by atoms with Crippen molar-refractivity contribution in [3.63, 3.8) is 0 Å². The molecule has 6 heteroatoms. The zero-order valence-corrected chi connectivity index (χ0v) is 10.3. The Morgan fingerprint density at radius 1 is 1.29 bits per heavy atom. The Hall–Kier alpha value is -1.95. The van der Waals surface area contributed by atoms with Gasteiger partial charge in [0.25, 0.3) is 0 Å². The molecule has 3 rings (SSSR count). The monoisotopic (exact) mass is 245 g/mol. The predicted octanol–water partition coefficient (Wildman–Crippen LogP) is 2.28. The van der Waals surface area contributed by atoms with Crippen molar-refractivity contribution in [3.05, 3.63) is 22.8 Å². The fourth-order valence-electron chi connectivity index (χ4n) is 1.79. The predicted molar refractivity (Wildman–Crippen MR) is 68.9 cm³/mol. The van der Waals surface area contributed by atoms with Crippen LogP contribution >= 0.6 is 11.3 Å². The molecule has 5 nitrogen and oxygen atoms in total. The van der Waals surface area contributed by atoms with Crippen LogP contribution < -0.4 is 5.73 Å². The highest BCUT2D eigenvalue weighted by atomic mass is 32.1. The molecule has 3 heterocycles. The van der Waals surface area contributed by atoms with Crippen molar-refractivity contribution < 1.29 is 0 Å². The largest absolute Gasteiger partial charge is 0.368 e. The number of nitrogens with two attached hydrogens (primary N) is 1. The number of hydrogen-bond donors (Lipinski definition) is 2. The summed E-state index contributed by atoms with van der Waals surface area (Å²) in [7, 11) is 0. The van der Waals surface area contributed by atoms with Crippen LogP contribution in [-0.4, -0.2) is 20.2 Å². The first kappa shape index (κ1) is 10.2. The highest BCUT2D eigenvalue weighted by molar-refractivity contribution is 7.19. The molecule has 3 aromatic rings. The van der Waals surface area contributed by atoms with Crippen LogP contribution in [0.3, 0.4) is 0 Å². The normalized spacial score (nSPS) is 11.2. The van der Waals surface area contributed by atoms with Gasteiger partial charge < -0.3 is 5.73 Å². The molecular weight excluding hydrogens is 234 g/mol. The van der Waals surface area contributed by atoms with Gasteiger partial charge in [-0.15, -0.1) is 11.3 Å². The molecule has 0 saturated carbocycles. The minimum Gasteiger partial charge on any atom is -0.368 e. The van der Waals surface area contributed by atoms with Gasteiger partial charge in [0.05, 0.1) is 22.1 Å². The van der Waals surface area contributed by atoms with E-state index in [9.17, 15) is 0 Å². The van der Waals surface area contributed by atoms with Gasteiger partial charge in [-0.1, -0.05) is 0 Å². The maximum atomic E-state index is 5.76. The number of aryl methyl sites for hydroxylation is 2. The van der Waals surface area contributed by atoms with Crippen molar-refractivity contribution in [2.24, 2.45) is 0 Å². The van der Waals surface area contributed by atoms with Gasteiger partial charge in [-0.05, 0) is 19.4 Å². The number of hydrogen-bond acceptors (Lipinski definition) is 5. The van der Waals surface area contributed by atoms with Crippen LogP contribution in [0.4, 0.5) is 5.95 Å².